The van der Waals surface area contributed by atoms with E-state index in [4.69, 9.17) is 5.73 Å². The minimum atomic E-state index is 0.232. The molecule has 1 rings (SSSR count). The maximum absolute atomic E-state index is 12.5. The smallest absolute Gasteiger partial charge is 0.222 e. The molecule has 0 saturated heterocycles. The molecule has 0 aromatic heterocycles. The van der Waals surface area contributed by atoms with Gasteiger partial charge in [-0.3, -0.25) is 4.79 Å². The van der Waals surface area contributed by atoms with Gasteiger partial charge in [0.05, 0.1) is 0 Å². The Labute approximate surface area is 131 Å². The van der Waals surface area contributed by atoms with Crippen molar-refractivity contribution in [3.63, 3.8) is 0 Å². The molecule has 124 valence electrons. The highest BCUT2D eigenvalue weighted by Gasteiger charge is 2.29. The maximum Gasteiger partial charge on any atom is 0.222 e. The maximum atomic E-state index is 12.5. The molecule has 0 aromatic rings. The Morgan fingerprint density at radius 2 is 1.86 bits per heavy atom. The molecule has 21 heavy (non-hydrogen) atoms. The predicted molar refractivity (Wildman–Crippen MR) is 90.0 cm³/mol. The molecule has 1 saturated carbocycles. The van der Waals surface area contributed by atoms with E-state index >= 15 is 0 Å². The van der Waals surface area contributed by atoms with Gasteiger partial charge in [0.2, 0.25) is 5.91 Å². The molecule has 0 aliphatic heterocycles. The Kier molecular flexibility index (Phi) is 7.19. The van der Waals surface area contributed by atoms with Gasteiger partial charge in [0.1, 0.15) is 0 Å². The quantitative estimate of drug-likeness (QED) is 0.810. The molecule has 1 amide bonds. The van der Waals surface area contributed by atoms with Crippen LogP contribution in [0, 0.1) is 17.3 Å². The average molecular weight is 296 g/mol. The van der Waals surface area contributed by atoms with Crippen LogP contribution < -0.4 is 5.73 Å². The van der Waals surface area contributed by atoms with Gasteiger partial charge in [-0.1, -0.05) is 40.5 Å². The summed E-state index contributed by atoms with van der Waals surface area (Å²) >= 11 is 0. The lowest BCUT2D eigenvalue weighted by Crippen LogP contribution is -2.42. The molecular formula is C18H36N2O. The SMILES string of the molecule is CC1CCCCC1N(C)C(=O)CCC(CCN)C(C)(C)C. The molecule has 0 spiro atoms. The highest BCUT2D eigenvalue weighted by molar-refractivity contribution is 5.76. The molecule has 0 radical (unpaired) electrons. The van der Waals surface area contributed by atoms with Crippen LogP contribution in [0.1, 0.15) is 72.6 Å². The summed E-state index contributed by atoms with van der Waals surface area (Å²) in [6.45, 7) is 9.77. The Hall–Kier alpha value is -0.570. The van der Waals surface area contributed by atoms with Crippen LogP contribution >= 0.6 is 0 Å². The van der Waals surface area contributed by atoms with Crippen LogP contribution in [0.2, 0.25) is 0 Å². The fourth-order valence-corrected chi connectivity index (χ4v) is 3.74. The lowest BCUT2D eigenvalue weighted by Gasteiger charge is -2.37. The van der Waals surface area contributed by atoms with Gasteiger partial charge in [0, 0.05) is 19.5 Å². The third-order valence-corrected chi connectivity index (χ3v) is 5.40. The number of nitrogens with two attached hydrogens (primary N) is 1. The Morgan fingerprint density at radius 1 is 1.24 bits per heavy atom. The number of carbonyl (C=O) groups is 1. The van der Waals surface area contributed by atoms with Crippen molar-refractivity contribution in [2.45, 2.75) is 78.7 Å². The second kappa shape index (κ2) is 8.17. The van der Waals surface area contributed by atoms with Crippen molar-refractivity contribution in [3.8, 4) is 0 Å². The predicted octanol–water partition coefficient (Wildman–Crippen LogP) is 3.81. The van der Waals surface area contributed by atoms with Gasteiger partial charge in [-0.15, -0.1) is 0 Å². The van der Waals surface area contributed by atoms with Crippen LogP contribution in [0.3, 0.4) is 0 Å². The zero-order valence-electron chi connectivity index (χ0n) is 14.8. The van der Waals surface area contributed by atoms with Gasteiger partial charge in [-0.05, 0) is 49.5 Å². The highest BCUT2D eigenvalue weighted by Crippen LogP contribution is 2.33. The van der Waals surface area contributed by atoms with Crippen molar-refractivity contribution in [1.82, 2.24) is 4.90 Å². The van der Waals surface area contributed by atoms with Gasteiger partial charge in [0.15, 0.2) is 0 Å². The molecule has 1 aliphatic carbocycles. The molecule has 3 unspecified atom stereocenters. The summed E-state index contributed by atoms with van der Waals surface area (Å²) in [6.07, 6.45) is 7.68. The van der Waals surface area contributed by atoms with E-state index in [1.54, 1.807) is 0 Å². The number of rotatable bonds is 6. The molecule has 3 atom stereocenters. The summed E-state index contributed by atoms with van der Waals surface area (Å²) in [5.41, 5.74) is 5.96. The average Bonchev–Trinajstić information content (AvgIpc) is 2.41. The van der Waals surface area contributed by atoms with Crippen LogP contribution in [0.5, 0.6) is 0 Å². The Balaban J connectivity index is 2.51. The summed E-state index contributed by atoms with van der Waals surface area (Å²) in [6, 6.07) is 0.453. The molecule has 1 aliphatic rings. The normalized spacial score (nSPS) is 24.7. The fraction of sp³-hybridized carbons (Fsp3) is 0.944. The third-order valence-electron chi connectivity index (χ3n) is 5.40. The number of amides is 1. The number of nitrogens with zero attached hydrogens (tertiary/aromatic N) is 1. The third kappa shape index (κ3) is 5.61. The van der Waals surface area contributed by atoms with Gasteiger partial charge in [0.25, 0.3) is 0 Å². The number of carbonyl (C=O) groups excluding carboxylic acids is 1. The van der Waals surface area contributed by atoms with Crippen LogP contribution in [-0.2, 0) is 4.79 Å². The first-order chi connectivity index (χ1) is 9.77. The van der Waals surface area contributed by atoms with E-state index in [0.717, 1.165) is 12.8 Å². The van der Waals surface area contributed by atoms with E-state index < -0.39 is 0 Å². The summed E-state index contributed by atoms with van der Waals surface area (Å²) in [5.74, 6) is 1.50. The molecule has 1 fully saturated rings. The number of hydrogen-bond donors (Lipinski definition) is 1. The van der Waals surface area contributed by atoms with Crippen LogP contribution in [0.15, 0.2) is 0 Å². The van der Waals surface area contributed by atoms with Gasteiger partial charge in [-0.2, -0.15) is 0 Å². The minimum Gasteiger partial charge on any atom is -0.343 e. The molecule has 0 bridgehead atoms. The van der Waals surface area contributed by atoms with E-state index in [1.807, 2.05) is 11.9 Å². The molecule has 0 heterocycles. The topological polar surface area (TPSA) is 46.3 Å². The van der Waals surface area contributed by atoms with Crippen LogP contribution in [0.4, 0.5) is 0 Å². The second-order valence-corrected chi connectivity index (χ2v) is 8.01. The van der Waals surface area contributed by atoms with Crippen molar-refractivity contribution in [2.24, 2.45) is 23.0 Å². The first-order valence-corrected chi connectivity index (χ1v) is 8.73. The van der Waals surface area contributed by atoms with Crippen LogP contribution in [-0.4, -0.2) is 30.4 Å². The fourth-order valence-electron chi connectivity index (χ4n) is 3.74. The summed E-state index contributed by atoms with van der Waals surface area (Å²) in [7, 11) is 2.00. The first-order valence-electron chi connectivity index (χ1n) is 8.73. The second-order valence-electron chi connectivity index (χ2n) is 8.01. The van der Waals surface area contributed by atoms with Gasteiger partial charge < -0.3 is 10.6 Å². The van der Waals surface area contributed by atoms with Gasteiger partial charge >= 0.3 is 0 Å². The molecule has 0 aromatic carbocycles. The van der Waals surface area contributed by atoms with E-state index in [0.29, 0.717) is 36.8 Å². The zero-order chi connectivity index (χ0) is 16.0. The lowest BCUT2D eigenvalue weighted by molar-refractivity contribution is -0.134. The summed E-state index contributed by atoms with van der Waals surface area (Å²) in [4.78, 5) is 14.6. The van der Waals surface area contributed by atoms with Crippen molar-refractivity contribution in [2.75, 3.05) is 13.6 Å². The standard InChI is InChI=1S/C18H36N2O/c1-14-8-6-7-9-16(14)20(5)17(21)11-10-15(12-13-19)18(2,3)4/h14-16H,6-13,19H2,1-5H3. The molecule has 3 heteroatoms. The van der Waals surface area contributed by atoms with Crippen molar-refractivity contribution < 1.29 is 4.79 Å². The van der Waals surface area contributed by atoms with E-state index in [-0.39, 0.29) is 5.41 Å². The van der Waals surface area contributed by atoms with Crippen LogP contribution in [0.25, 0.3) is 0 Å². The minimum absolute atomic E-state index is 0.232. The Morgan fingerprint density at radius 3 is 2.38 bits per heavy atom. The molecule has 2 N–H and O–H groups in total. The molecule has 3 nitrogen and oxygen atoms in total. The summed E-state index contributed by atoms with van der Waals surface area (Å²) < 4.78 is 0. The highest BCUT2D eigenvalue weighted by atomic mass is 16.2. The Bertz CT molecular complexity index is 322. The van der Waals surface area contributed by atoms with E-state index in [1.165, 1.54) is 25.7 Å². The number of hydrogen-bond acceptors (Lipinski definition) is 2. The molecular weight excluding hydrogens is 260 g/mol. The summed E-state index contributed by atoms with van der Waals surface area (Å²) in [5, 5.41) is 0. The van der Waals surface area contributed by atoms with Crippen molar-refractivity contribution in [3.05, 3.63) is 0 Å². The van der Waals surface area contributed by atoms with Gasteiger partial charge in [-0.25, -0.2) is 0 Å². The first kappa shape index (κ1) is 18.5. The van der Waals surface area contributed by atoms with Crippen molar-refractivity contribution >= 4 is 5.91 Å². The largest absolute Gasteiger partial charge is 0.343 e. The van der Waals surface area contributed by atoms with Crippen molar-refractivity contribution in [1.29, 1.82) is 0 Å². The lowest BCUT2D eigenvalue weighted by atomic mass is 9.76. The zero-order valence-corrected chi connectivity index (χ0v) is 14.8. The van der Waals surface area contributed by atoms with E-state index in [2.05, 4.69) is 27.7 Å². The van der Waals surface area contributed by atoms with E-state index in [9.17, 15) is 4.79 Å². The monoisotopic (exact) mass is 296 g/mol.